The van der Waals surface area contributed by atoms with Gasteiger partial charge in [0.15, 0.2) is 0 Å². The molecule has 0 spiro atoms. The predicted molar refractivity (Wildman–Crippen MR) is 89.3 cm³/mol. The summed E-state index contributed by atoms with van der Waals surface area (Å²) >= 11 is 0. The number of ether oxygens (including phenoxy) is 1. The first-order chi connectivity index (χ1) is 11.2. The maximum absolute atomic E-state index is 12.0. The third kappa shape index (κ3) is 5.88. The molecule has 7 nitrogen and oxygen atoms in total. The van der Waals surface area contributed by atoms with Crippen molar-refractivity contribution in [3.63, 3.8) is 0 Å². The first-order valence-electron chi connectivity index (χ1n) is 8.28. The molecule has 1 saturated carbocycles. The van der Waals surface area contributed by atoms with Crippen molar-refractivity contribution in [1.29, 1.82) is 0 Å². The molecule has 3 N–H and O–H groups in total. The van der Waals surface area contributed by atoms with Crippen LogP contribution in [0.1, 0.15) is 46.3 Å². The summed E-state index contributed by atoms with van der Waals surface area (Å²) in [5.41, 5.74) is -0.494. The Morgan fingerprint density at radius 1 is 1.33 bits per heavy atom. The van der Waals surface area contributed by atoms with Gasteiger partial charge in [-0.3, -0.25) is 4.79 Å². The molecule has 1 aliphatic rings. The van der Waals surface area contributed by atoms with E-state index in [4.69, 9.17) is 9.15 Å². The number of rotatable bonds is 6. The Labute approximate surface area is 142 Å². The van der Waals surface area contributed by atoms with Gasteiger partial charge in [-0.15, -0.1) is 0 Å². The van der Waals surface area contributed by atoms with Crippen molar-refractivity contribution >= 4 is 12.0 Å². The van der Waals surface area contributed by atoms with Crippen LogP contribution in [0.15, 0.2) is 22.8 Å². The lowest BCUT2D eigenvalue weighted by atomic mass is 9.86. The van der Waals surface area contributed by atoms with Crippen molar-refractivity contribution in [1.82, 2.24) is 16.0 Å². The second kappa shape index (κ2) is 7.70. The summed E-state index contributed by atoms with van der Waals surface area (Å²) in [4.78, 5) is 23.7. The van der Waals surface area contributed by atoms with E-state index in [9.17, 15) is 9.59 Å². The summed E-state index contributed by atoms with van der Waals surface area (Å²) in [6.07, 6.45) is 2.76. The number of carbonyl (C=O) groups excluding carboxylic acids is 2. The number of nitrogens with one attached hydrogen (secondary N) is 3. The molecule has 24 heavy (non-hydrogen) atoms. The minimum Gasteiger partial charge on any atom is -0.467 e. The molecule has 0 aromatic carbocycles. The number of carbonyl (C=O) groups is 2. The summed E-state index contributed by atoms with van der Waals surface area (Å²) in [6.45, 7) is 7.71. The summed E-state index contributed by atoms with van der Waals surface area (Å²) in [5, 5.41) is 8.92. The van der Waals surface area contributed by atoms with Gasteiger partial charge in [-0.1, -0.05) is 0 Å². The van der Waals surface area contributed by atoms with Crippen LogP contribution in [-0.4, -0.2) is 35.7 Å². The summed E-state index contributed by atoms with van der Waals surface area (Å²) < 4.78 is 10.4. The van der Waals surface area contributed by atoms with Gasteiger partial charge in [-0.25, -0.2) is 4.79 Å². The lowest BCUT2D eigenvalue weighted by molar-refractivity contribution is -0.123. The molecule has 134 valence electrons. The molecular weight excluding hydrogens is 310 g/mol. The third-order valence-corrected chi connectivity index (χ3v) is 3.75. The summed E-state index contributed by atoms with van der Waals surface area (Å²) in [5.74, 6) is 0.649. The zero-order valence-electron chi connectivity index (χ0n) is 14.7. The molecule has 0 saturated heterocycles. The van der Waals surface area contributed by atoms with E-state index in [1.54, 1.807) is 12.3 Å². The Morgan fingerprint density at radius 3 is 2.62 bits per heavy atom. The first kappa shape index (κ1) is 18.3. The molecule has 0 bridgehead atoms. The van der Waals surface area contributed by atoms with Crippen molar-refractivity contribution in [2.75, 3.05) is 0 Å². The molecule has 7 heteroatoms. The molecule has 1 aromatic rings. The Bertz CT molecular complexity index is 545. The molecule has 2 amide bonds. The third-order valence-electron chi connectivity index (χ3n) is 3.75. The average Bonchev–Trinajstić information content (AvgIpc) is 2.93. The molecule has 1 fully saturated rings. The van der Waals surface area contributed by atoms with Crippen molar-refractivity contribution in [2.45, 2.75) is 70.8 Å². The Kier molecular flexibility index (Phi) is 5.88. The first-order valence-corrected chi connectivity index (χ1v) is 8.28. The highest BCUT2D eigenvalue weighted by Crippen LogP contribution is 2.21. The number of hydrogen-bond acceptors (Lipinski definition) is 5. The predicted octanol–water partition coefficient (Wildman–Crippen LogP) is 1.93. The van der Waals surface area contributed by atoms with Crippen LogP contribution in [-0.2, 0) is 16.1 Å². The fraction of sp³-hybridized carbons (Fsp3) is 0.647. The molecule has 0 radical (unpaired) electrons. The average molecular weight is 337 g/mol. The molecular formula is C17H27N3O4. The van der Waals surface area contributed by atoms with Gasteiger partial charge in [-0.05, 0) is 52.7 Å². The van der Waals surface area contributed by atoms with Crippen LogP contribution >= 0.6 is 0 Å². The van der Waals surface area contributed by atoms with Crippen molar-refractivity contribution in [2.24, 2.45) is 0 Å². The van der Waals surface area contributed by atoms with Crippen LogP contribution in [0.2, 0.25) is 0 Å². The molecule has 1 heterocycles. The van der Waals surface area contributed by atoms with Gasteiger partial charge < -0.3 is 25.1 Å². The van der Waals surface area contributed by atoms with Crippen LogP contribution in [0, 0.1) is 0 Å². The maximum Gasteiger partial charge on any atom is 0.407 e. The van der Waals surface area contributed by atoms with Crippen LogP contribution in [0.3, 0.4) is 0 Å². The highest BCUT2D eigenvalue weighted by molar-refractivity contribution is 5.81. The van der Waals surface area contributed by atoms with Crippen LogP contribution in [0.4, 0.5) is 4.79 Å². The van der Waals surface area contributed by atoms with E-state index in [1.165, 1.54) is 0 Å². The normalized spacial score (nSPS) is 21.5. The van der Waals surface area contributed by atoms with Gasteiger partial charge in [0.1, 0.15) is 11.4 Å². The maximum atomic E-state index is 12.0. The molecule has 0 aliphatic heterocycles. The monoisotopic (exact) mass is 337 g/mol. The van der Waals surface area contributed by atoms with E-state index >= 15 is 0 Å². The topological polar surface area (TPSA) is 92.6 Å². The van der Waals surface area contributed by atoms with Crippen LogP contribution < -0.4 is 16.0 Å². The molecule has 1 atom stereocenters. The SMILES string of the molecule is CC(NC1CC(NC(=O)OC(C)(C)C)C1)C(=O)NCc1ccco1. The lowest BCUT2D eigenvalue weighted by Crippen LogP contribution is -2.57. The second-order valence-electron chi connectivity index (χ2n) is 7.20. The summed E-state index contributed by atoms with van der Waals surface area (Å²) in [6, 6.07) is 3.62. The quantitative estimate of drug-likeness (QED) is 0.737. The van der Waals surface area contributed by atoms with E-state index in [0.717, 1.165) is 18.6 Å². The zero-order chi connectivity index (χ0) is 17.7. The van der Waals surface area contributed by atoms with Gasteiger partial charge in [0, 0.05) is 12.1 Å². The van der Waals surface area contributed by atoms with E-state index in [0.29, 0.717) is 6.54 Å². The minimum absolute atomic E-state index is 0.0741. The minimum atomic E-state index is -0.494. The molecule has 1 unspecified atom stereocenters. The van der Waals surface area contributed by atoms with Crippen LogP contribution in [0.5, 0.6) is 0 Å². The second-order valence-corrected chi connectivity index (χ2v) is 7.20. The Hall–Kier alpha value is -2.02. The fourth-order valence-electron chi connectivity index (χ4n) is 2.52. The van der Waals surface area contributed by atoms with Crippen molar-refractivity contribution in [3.8, 4) is 0 Å². The van der Waals surface area contributed by atoms with E-state index in [2.05, 4.69) is 16.0 Å². The summed E-state index contributed by atoms with van der Waals surface area (Å²) in [7, 11) is 0. The number of hydrogen-bond donors (Lipinski definition) is 3. The van der Waals surface area contributed by atoms with E-state index in [1.807, 2.05) is 33.8 Å². The molecule has 2 rings (SSSR count). The van der Waals surface area contributed by atoms with E-state index < -0.39 is 11.7 Å². The highest BCUT2D eigenvalue weighted by Gasteiger charge is 2.33. The van der Waals surface area contributed by atoms with Gasteiger partial charge in [0.05, 0.1) is 18.8 Å². The standard InChI is InChI=1S/C17H27N3O4/c1-11(15(21)18-10-14-6-5-7-23-14)19-12-8-13(9-12)20-16(22)24-17(2,3)4/h5-7,11-13,19H,8-10H2,1-4H3,(H,18,21)(H,20,22). The number of alkyl carbamates (subject to hydrolysis) is 1. The Balaban J connectivity index is 1.61. The zero-order valence-corrected chi connectivity index (χ0v) is 14.7. The highest BCUT2D eigenvalue weighted by atomic mass is 16.6. The number of amides is 2. The molecule has 1 aliphatic carbocycles. The lowest BCUT2D eigenvalue weighted by Gasteiger charge is -2.38. The van der Waals surface area contributed by atoms with Crippen molar-refractivity contribution in [3.05, 3.63) is 24.2 Å². The van der Waals surface area contributed by atoms with Gasteiger partial charge in [0.2, 0.25) is 5.91 Å². The van der Waals surface area contributed by atoms with E-state index in [-0.39, 0.29) is 24.0 Å². The van der Waals surface area contributed by atoms with Gasteiger partial charge in [0.25, 0.3) is 0 Å². The van der Waals surface area contributed by atoms with Crippen LogP contribution in [0.25, 0.3) is 0 Å². The van der Waals surface area contributed by atoms with Gasteiger partial charge >= 0.3 is 6.09 Å². The largest absolute Gasteiger partial charge is 0.467 e. The molecule has 1 aromatic heterocycles. The fourth-order valence-corrected chi connectivity index (χ4v) is 2.52. The Morgan fingerprint density at radius 2 is 2.04 bits per heavy atom. The smallest absolute Gasteiger partial charge is 0.407 e. The number of furan rings is 1. The van der Waals surface area contributed by atoms with Crippen molar-refractivity contribution < 1.29 is 18.7 Å². The van der Waals surface area contributed by atoms with Gasteiger partial charge in [-0.2, -0.15) is 0 Å².